The van der Waals surface area contributed by atoms with Crippen LogP contribution in [0.5, 0.6) is 5.75 Å². The molecule has 0 saturated heterocycles. The van der Waals surface area contributed by atoms with Gasteiger partial charge >= 0.3 is 0 Å². The number of carbonyl (C=O) groups is 2. The number of nitrogens with zero attached hydrogens (tertiary/aromatic N) is 2. The second-order valence-electron chi connectivity index (χ2n) is 9.53. The van der Waals surface area contributed by atoms with Crippen LogP contribution in [0.1, 0.15) is 29.2 Å². The lowest BCUT2D eigenvalue weighted by Crippen LogP contribution is -2.53. The maximum Gasteiger partial charge on any atom is 0.244 e. The van der Waals surface area contributed by atoms with Crippen molar-refractivity contribution < 1.29 is 22.7 Å². The number of amides is 2. The molecule has 3 rings (SSSR count). The quantitative estimate of drug-likeness (QED) is 0.369. The monoisotopic (exact) mass is 551 g/mol. The van der Waals surface area contributed by atoms with Gasteiger partial charge in [0, 0.05) is 19.5 Å². The van der Waals surface area contributed by atoms with E-state index in [1.165, 1.54) is 4.90 Å². The summed E-state index contributed by atoms with van der Waals surface area (Å²) >= 11 is 0. The van der Waals surface area contributed by atoms with Crippen LogP contribution in [-0.2, 0) is 32.6 Å². The van der Waals surface area contributed by atoms with Gasteiger partial charge in [0.15, 0.2) is 0 Å². The molecule has 3 aromatic carbocycles. The highest BCUT2D eigenvalue weighted by Crippen LogP contribution is 2.25. The second kappa shape index (κ2) is 13.3. The van der Waals surface area contributed by atoms with Crippen LogP contribution in [0, 0.1) is 13.8 Å². The van der Waals surface area contributed by atoms with Crippen LogP contribution >= 0.6 is 0 Å². The zero-order chi connectivity index (χ0) is 28.6. The minimum atomic E-state index is -3.82. The van der Waals surface area contributed by atoms with E-state index < -0.39 is 28.5 Å². The minimum Gasteiger partial charge on any atom is -0.497 e. The van der Waals surface area contributed by atoms with Gasteiger partial charge in [-0.1, -0.05) is 54.6 Å². The highest BCUT2D eigenvalue weighted by Gasteiger charge is 2.33. The van der Waals surface area contributed by atoms with E-state index >= 15 is 0 Å². The summed E-state index contributed by atoms with van der Waals surface area (Å²) in [4.78, 5) is 28.9. The lowest BCUT2D eigenvalue weighted by Gasteiger charge is -2.33. The topological polar surface area (TPSA) is 96.0 Å². The van der Waals surface area contributed by atoms with E-state index in [1.807, 2.05) is 68.4 Å². The summed E-state index contributed by atoms with van der Waals surface area (Å²) in [6.07, 6.45) is 1.35. The molecule has 0 aliphatic carbocycles. The molecule has 0 aliphatic heterocycles. The van der Waals surface area contributed by atoms with E-state index in [-0.39, 0.29) is 18.9 Å². The highest BCUT2D eigenvalue weighted by molar-refractivity contribution is 7.92. The Hall–Kier alpha value is -3.85. The van der Waals surface area contributed by atoms with E-state index in [1.54, 1.807) is 32.2 Å². The van der Waals surface area contributed by atoms with Crippen LogP contribution in [0.2, 0.25) is 0 Å². The van der Waals surface area contributed by atoms with E-state index in [9.17, 15) is 18.0 Å². The molecule has 0 spiro atoms. The molecular formula is C30H37N3O5S. The Morgan fingerprint density at radius 3 is 2.28 bits per heavy atom. The lowest BCUT2D eigenvalue weighted by atomic mass is 10.0. The van der Waals surface area contributed by atoms with Crippen LogP contribution in [0.25, 0.3) is 0 Å². The number of carbonyl (C=O) groups excluding carboxylic acids is 2. The average molecular weight is 552 g/mol. The molecule has 0 aromatic heterocycles. The summed E-state index contributed by atoms with van der Waals surface area (Å²) in [5.74, 6) is -0.183. The summed E-state index contributed by atoms with van der Waals surface area (Å²) in [7, 11) is -2.26. The zero-order valence-corrected chi connectivity index (χ0v) is 24.0. The Balaban J connectivity index is 2.08. The molecule has 3 aromatic rings. The molecular weight excluding hydrogens is 514 g/mol. The van der Waals surface area contributed by atoms with Gasteiger partial charge in [0.1, 0.15) is 18.3 Å². The number of ether oxygens (including phenoxy) is 1. The van der Waals surface area contributed by atoms with Gasteiger partial charge in [-0.15, -0.1) is 0 Å². The van der Waals surface area contributed by atoms with Gasteiger partial charge in [0.2, 0.25) is 21.8 Å². The summed E-state index contributed by atoms with van der Waals surface area (Å²) in [5.41, 5.74) is 3.66. The molecule has 0 fully saturated rings. The molecule has 9 heteroatoms. The molecule has 0 bridgehead atoms. The van der Waals surface area contributed by atoms with Crippen molar-refractivity contribution in [2.24, 2.45) is 0 Å². The second-order valence-corrected chi connectivity index (χ2v) is 11.4. The van der Waals surface area contributed by atoms with E-state index in [4.69, 9.17) is 4.74 Å². The molecule has 39 heavy (non-hydrogen) atoms. The zero-order valence-electron chi connectivity index (χ0n) is 23.2. The molecule has 208 valence electrons. The summed E-state index contributed by atoms with van der Waals surface area (Å²) in [6.45, 7) is 5.53. The van der Waals surface area contributed by atoms with Crippen LogP contribution in [0.15, 0.2) is 72.8 Å². The van der Waals surface area contributed by atoms with Gasteiger partial charge in [0.25, 0.3) is 0 Å². The maximum absolute atomic E-state index is 14.1. The molecule has 1 atom stereocenters. The van der Waals surface area contributed by atoms with Crippen molar-refractivity contribution in [1.29, 1.82) is 0 Å². The Morgan fingerprint density at radius 2 is 1.64 bits per heavy atom. The van der Waals surface area contributed by atoms with Crippen molar-refractivity contribution >= 4 is 27.5 Å². The number of sulfonamides is 1. The first-order valence-electron chi connectivity index (χ1n) is 12.8. The smallest absolute Gasteiger partial charge is 0.244 e. The fourth-order valence-electron chi connectivity index (χ4n) is 4.40. The van der Waals surface area contributed by atoms with Gasteiger partial charge in [-0.3, -0.25) is 13.9 Å². The lowest BCUT2D eigenvalue weighted by molar-refractivity contribution is -0.140. The predicted octanol–water partition coefficient (Wildman–Crippen LogP) is 3.85. The normalized spacial score (nSPS) is 11.9. The molecule has 8 nitrogen and oxygen atoms in total. The first-order valence-corrected chi connectivity index (χ1v) is 14.7. The highest BCUT2D eigenvalue weighted by atomic mass is 32.2. The van der Waals surface area contributed by atoms with E-state index in [0.29, 0.717) is 18.0 Å². The maximum atomic E-state index is 14.1. The van der Waals surface area contributed by atoms with Crippen molar-refractivity contribution in [3.05, 3.63) is 95.1 Å². The fraction of sp³-hybridized carbons (Fsp3) is 0.333. The van der Waals surface area contributed by atoms with Crippen LogP contribution in [0.3, 0.4) is 0 Å². The van der Waals surface area contributed by atoms with Crippen molar-refractivity contribution in [2.45, 2.75) is 39.8 Å². The standard InChI is InChI=1S/C30H37N3O5S/c1-6-31-30(35)28(19-24-11-8-7-9-12-24)32(20-25-13-10-14-26(18-25)38-4)29(34)21-33(39(5,36)37)27-17-22(2)15-16-23(27)3/h7-18,28H,6,19-21H2,1-5H3,(H,31,35). The first-order chi connectivity index (χ1) is 18.5. The number of benzene rings is 3. The number of methoxy groups -OCH3 is 1. The number of hydrogen-bond donors (Lipinski definition) is 1. The van der Waals surface area contributed by atoms with Crippen LogP contribution in [0.4, 0.5) is 5.69 Å². The van der Waals surface area contributed by atoms with Gasteiger partial charge in [-0.2, -0.15) is 0 Å². The number of aryl methyl sites for hydroxylation is 2. The SMILES string of the molecule is CCNC(=O)C(Cc1ccccc1)N(Cc1cccc(OC)c1)C(=O)CN(c1cc(C)ccc1C)S(C)(=O)=O. The molecule has 2 amide bonds. The average Bonchev–Trinajstić information content (AvgIpc) is 2.90. The van der Waals surface area contributed by atoms with Gasteiger partial charge in [-0.05, 0) is 61.2 Å². The van der Waals surface area contributed by atoms with Gasteiger partial charge < -0.3 is 15.0 Å². The molecule has 0 aliphatic rings. The van der Waals surface area contributed by atoms with Crippen molar-refractivity contribution in [3.63, 3.8) is 0 Å². The van der Waals surface area contributed by atoms with Crippen LogP contribution in [-0.4, -0.2) is 57.6 Å². The largest absolute Gasteiger partial charge is 0.497 e. The Kier molecular flexibility index (Phi) is 10.1. The van der Waals surface area contributed by atoms with Crippen LogP contribution < -0.4 is 14.4 Å². The molecule has 1 unspecified atom stereocenters. The molecule has 1 N–H and O–H groups in total. The third kappa shape index (κ3) is 8.07. The van der Waals surface area contributed by atoms with Crippen molar-refractivity contribution in [2.75, 3.05) is 30.8 Å². The van der Waals surface area contributed by atoms with Crippen molar-refractivity contribution in [1.82, 2.24) is 10.2 Å². The van der Waals surface area contributed by atoms with Gasteiger partial charge in [-0.25, -0.2) is 8.42 Å². The summed E-state index contributed by atoms with van der Waals surface area (Å²) in [5, 5.41) is 2.85. The Bertz CT molecular complexity index is 1390. The summed E-state index contributed by atoms with van der Waals surface area (Å²) in [6, 6.07) is 21.3. The first kappa shape index (κ1) is 29.7. The third-order valence-corrected chi connectivity index (χ3v) is 7.55. The van der Waals surface area contributed by atoms with Gasteiger partial charge in [0.05, 0.1) is 19.1 Å². The molecule has 0 heterocycles. The molecule has 0 radical (unpaired) electrons. The summed E-state index contributed by atoms with van der Waals surface area (Å²) < 4.78 is 32.4. The third-order valence-electron chi connectivity index (χ3n) is 6.42. The number of anilines is 1. The van der Waals surface area contributed by atoms with Crippen molar-refractivity contribution in [3.8, 4) is 5.75 Å². The molecule has 0 saturated carbocycles. The predicted molar refractivity (Wildman–Crippen MR) is 154 cm³/mol. The number of hydrogen-bond acceptors (Lipinski definition) is 5. The minimum absolute atomic E-state index is 0.0923. The fourth-order valence-corrected chi connectivity index (χ4v) is 5.30. The Labute approximate surface area is 231 Å². The van der Waals surface area contributed by atoms with E-state index in [0.717, 1.165) is 32.8 Å². The van der Waals surface area contributed by atoms with E-state index in [2.05, 4.69) is 5.32 Å². The number of rotatable bonds is 12. The number of nitrogens with one attached hydrogen (secondary N) is 1. The Morgan fingerprint density at radius 1 is 0.949 bits per heavy atom. The number of likely N-dealkylation sites (N-methyl/N-ethyl adjacent to an activating group) is 1.